The predicted octanol–water partition coefficient (Wildman–Crippen LogP) is 3.82. The van der Waals surface area contributed by atoms with Gasteiger partial charge in [-0.3, -0.25) is 0 Å². The van der Waals surface area contributed by atoms with Gasteiger partial charge in [0.2, 0.25) is 0 Å². The Kier molecular flexibility index (Phi) is 7.84. The van der Waals surface area contributed by atoms with E-state index in [1.165, 1.54) is 0 Å². The molecule has 0 aliphatic carbocycles. The van der Waals surface area contributed by atoms with E-state index in [2.05, 4.69) is 32.4 Å². The van der Waals surface area contributed by atoms with Crippen molar-refractivity contribution < 1.29 is 32.5 Å². The molecule has 2 aliphatic rings. The Balaban J connectivity index is 0.000000339. The summed E-state index contributed by atoms with van der Waals surface area (Å²) in [5.74, 6) is -1.69. The number of aromatic nitrogens is 2. The molecule has 11 heteroatoms. The Morgan fingerprint density at radius 1 is 1.35 bits per heavy atom. The number of carboxylic acids is 1. The van der Waals surface area contributed by atoms with Crippen molar-refractivity contribution in [3.8, 4) is 0 Å². The van der Waals surface area contributed by atoms with E-state index in [-0.39, 0.29) is 6.10 Å². The number of hydrogen-bond acceptors (Lipinski definition) is 7. The van der Waals surface area contributed by atoms with Crippen LogP contribution >= 0.6 is 11.3 Å². The molecule has 0 unspecified atom stereocenters. The number of thiazole rings is 1. The topological polar surface area (TPSA) is 84.8 Å². The van der Waals surface area contributed by atoms with Crippen LogP contribution < -0.4 is 4.90 Å². The molecule has 0 radical (unpaired) electrons. The van der Waals surface area contributed by atoms with Crippen LogP contribution in [-0.2, 0) is 20.9 Å². The number of nitrogens with zero attached hydrogens (tertiary/aromatic N) is 3. The molecule has 2 aromatic rings. The van der Waals surface area contributed by atoms with Gasteiger partial charge in [-0.2, -0.15) is 13.2 Å². The molecule has 2 aliphatic heterocycles. The lowest BCUT2D eigenvalue weighted by molar-refractivity contribution is -0.192. The van der Waals surface area contributed by atoms with Crippen LogP contribution in [0, 0.1) is 6.92 Å². The summed E-state index contributed by atoms with van der Waals surface area (Å²) >= 11 is 1.67. The number of aliphatic carboxylic acids is 1. The highest BCUT2D eigenvalue weighted by Crippen LogP contribution is 2.34. The zero-order chi connectivity index (χ0) is 22.4. The van der Waals surface area contributed by atoms with Crippen molar-refractivity contribution in [3.63, 3.8) is 0 Å². The molecule has 0 bridgehead atoms. The van der Waals surface area contributed by atoms with Crippen LogP contribution in [0.1, 0.15) is 30.0 Å². The average Bonchev–Trinajstić information content (AvgIpc) is 3.34. The molecule has 7 nitrogen and oxygen atoms in total. The fourth-order valence-electron chi connectivity index (χ4n) is 3.70. The van der Waals surface area contributed by atoms with Gasteiger partial charge >= 0.3 is 12.1 Å². The molecule has 4 rings (SSSR count). The van der Waals surface area contributed by atoms with Crippen LogP contribution in [0.5, 0.6) is 0 Å². The van der Waals surface area contributed by atoms with Crippen LogP contribution in [0.4, 0.5) is 19.0 Å². The minimum atomic E-state index is -5.08. The lowest BCUT2D eigenvalue weighted by Crippen LogP contribution is -2.44. The molecule has 0 saturated carbocycles. The number of rotatable bonds is 5. The molecule has 170 valence electrons. The van der Waals surface area contributed by atoms with Crippen molar-refractivity contribution in [2.24, 2.45) is 0 Å². The van der Waals surface area contributed by atoms with Crippen molar-refractivity contribution >= 4 is 23.1 Å². The van der Waals surface area contributed by atoms with Gasteiger partial charge < -0.3 is 19.5 Å². The summed E-state index contributed by atoms with van der Waals surface area (Å²) in [7, 11) is 0. The first-order valence-corrected chi connectivity index (χ1v) is 10.7. The minimum Gasteiger partial charge on any atom is -0.475 e. The minimum absolute atomic E-state index is 0.203. The van der Waals surface area contributed by atoms with E-state index in [0.717, 1.165) is 42.3 Å². The molecule has 0 spiro atoms. The molecule has 2 saturated heterocycles. The monoisotopic (exact) mass is 459 g/mol. The van der Waals surface area contributed by atoms with E-state index >= 15 is 0 Å². The third-order valence-electron chi connectivity index (χ3n) is 5.04. The maximum atomic E-state index is 10.6. The number of fused-ring (bicyclic) bond motifs is 1. The number of pyridine rings is 1. The largest absolute Gasteiger partial charge is 0.490 e. The number of hydrogen-bond donors (Lipinski definition) is 1. The highest BCUT2D eigenvalue weighted by atomic mass is 32.1. The third-order valence-corrected chi connectivity index (χ3v) is 5.86. The lowest BCUT2D eigenvalue weighted by Gasteiger charge is -2.36. The smallest absolute Gasteiger partial charge is 0.475 e. The molecule has 0 amide bonds. The number of anilines is 1. The van der Waals surface area contributed by atoms with E-state index in [1.807, 2.05) is 19.2 Å². The van der Waals surface area contributed by atoms with Gasteiger partial charge in [0.25, 0.3) is 0 Å². The van der Waals surface area contributed by atoms with E-state index in [9.17, 15) is 13.2 Å². The first-order valence-electron chi connectivity index (χ1n) is 9.86. The van der Waals surface area contributed by atoms with Gasteiger partial charge in [-0.05, 0) is 38.3 Å². The highest BCUT2D eigenvalue weighted by Gasteiger charge is 2.40. The Labute approximate surface area is 181 Å². The van der Waals surface area contributed by atoms with E-state index in [1.54, 1.807) is 11.3 Å². The number of carbonyl (C=O) groups is 1. The summed E-state index contributed by atoms with van der Waals surface area (Å²) < 4.78 is 43.9. The Bertz CT molecular complexity index is 850. The van der Waals surface area contributed by atoms with Gasteiger partial charge in [0.1, 0.15) is 5.82 Å². The third kappa shape index (κ3) is 6.62. The molecule has 31 heavy (non-hydrogen) atoms. The van der Waals surface area contributed by atoms with Crippen LogP contribution in [0.2, 0.25) is 0 Å². The second-order valence-corrected chi connectivity index (χ2v) is 8.35. The SMILES string of the molecule is Cc1nc(COC[C@H]2CC[C@H]3[C@H](CCN3c3ccccn3)O2)cs1.O=C(O)C(F)(F)F. The highest BCUT2D eigenvalue weighted by molar-refractivity contribution is 7.09. The summed E-state index contributed by atoms with van der Waals surface area (Å²) in [6, 6.07) is 6.56. The molecular weight excluding hydrogens is 435 g/mol. The Hall–Kier alpha value is -2.24. The quantitative estimate of drug-likeness (QED) is 0.728. The van der Waals surface area contributed by atoms with Gasteiger partial charge in [-0.15, -0.1) is 11.3 Å². The maximum Gasteiger partial charge on any atom is 0.490 e. The summed E-state index contributed by atoms with van der Waals surface area (Å²) in [5, 5.41) is 10.3. The van der Waals surface area contributed by atoms with Gasteiger partial charge in [0.05, 0.1) is 42.2 Å². The van der Waals surface area contributed by atoms with Crippen LogP contribution in [0.3, 0.4) is 0 Å². The molecular formula is C20H24F3N3O4S. The van der Waals surface area contributed by atoms with Crippen LogP contribution in [0.15, 0.2) is 29.8 Å². The summed E-state index contributed by atoms with van der Waals surface area (Å²) in [6.45, 7) is 4.28. The number of carboxylic acid groups (broad SMARTS) is 1. The zero-order valence-electron chi connectivity index (χ0n) is 16.9. The Morgan fingerprint density at radius 3 is 2.74 bits per heavy atom. The van der Waals surface area contributed by atoms with Gasteiger partial charge in [-0.25, -0.2) is 14.8 Å². The first kappa shape index (κ1) is 23.4. The molecule has 4 heterocycles. The summed E-state index contributed by atoms with van der Waals surface area (Å²) in [5.41, 5.74) is 1.02. The number of aryl methyl sites for hydroxylation is 1. The molecule has 0 aromatic carbocycles. The van der Waals surface area contributed by atoms with E-state index in [4.69, 9.17) is 19.4 Å². The number of ether oxygens (including phenoxy) is 2. The van der Waals surface area contributed by atoms with Crippen LogP contribution in [0.25, 0.3) is 0 Å². The van der Waals surface area contributed by atoms with E-state index in [0.29, 0.717) is 25.4 Å². The zero-order valence-corrected chi connectivity index (χ0v) is 17.7. The van der Waals surface area contributed by atoms with Crippen molar-refractivity contribution in [1.82, 2.24) is 9.97 Å². The van der Waals surface area contributed by atoms with Crippen molar-refractivity contribution in [1.29, 1.82) is 0 Å². The maximum absolute atomic E-state index is 10.6. The average molecular weight is 459 g/mol. The number of halogens is 3. The first-order chi connectivity index (χ1) is 14.7. The second kappa shape index (κ2) is 10.4. The standard InChI is InChI=1S/C18H23N3O2S.C2HF3O2/c1-13-20-14(12-24-13)10-22-11-15-5-6-16-17(23-15)7-9-21(16)18-4-2-3-8-19-18;3-2(4,5)1(6)7/h2-4,8,12,15-17H,5-7,9-11H2,1H3;(H,6,7)/t15-,16+,17+;/m1./s1. The van der Waals surface area contributed by atoms with E-state index < -0.39 is 12.1 Å². The summed E-state index contributed by atoms with van der Waals surface area (Å²) in [4.78, 5) is 20.2. The number of alkyl halides is 3. The lowest BCUT2D eigenvalue weighted by atomic mass is 9.99. The molecule has 2 aromatic heterocycles. The van der Waals surface area contributed by atoms with Crippen molar-refractivity contribution in [2.75, 3.05) is 18.1 Å². The van der Waals surface area contributed by atoms with Crippen molar-refractivity contribution in [3.05, 3.63) is 40.5 Å². The van der Waals surface area contributed by atoms with Gasteiger partial charge in [0.15, 0.2) is 0 Å². The molecule has 1 N–H and O–H groups in total. The van der Waals surface area contributed by atoms with Gasteiger partial charge in [-0.1, -0.05) is 6.07 Å². The molecule has 3 atom stereocenters. The summed E-state index contributed by atoms with van der Waals surface area (Å²) in [6.07, 6.45) is 0.545. The van der Waals surface area contributed by atoms with Crippen LogP contribution in [-0.4, -0.2) is 58.6 Å². The Morgan fingerprint density at radius 2 is 2.13 bits per heavy atom. The van der Waals surface area contributed by atoms with Crippen molar-refractivity contribution in [2.45, 2.75) is 57.2 Å². The molecule has 2 fully saturated rings. The fraction of sp³-hybridized carbons (Fsp3) is 0.550. The normalized spacial score (nSPS) is 23.1. The predicted molar refractivity (Wildman–Crippen MR) is 108 cm³/mol. The fourth-order valence-corrected chi connectivity index (χ4v) is 4.30. The van der Waals surface area contributed by atoms with Gasteiger partial charge in [0, 0.05) is 18.1 Å². The second-order valence-electron chi connectivity index (χ2n) is 7.29.